The maximum Gasteiger partial charge on any atom is 0.153 e. The van der Waals surface area contributed by atoms with Gasteiger partial charge in [-0.3, -0.25) is 0 Å². The summed E-state index contributed by atoms with van der Waals surface area (Å²) in [7, 11) is -2.92. The fourth-order valence-electron chi connectivity index (χ4n) is 1.40. The van der Waals surface area contributed by atoms with E-state index in [-0.39, 0.29) is 17.1 Å². The Morgan fingerprint density at radius 1 is 1.43 bits per heavy atom. The molecule has 0 heterocycles. The maximum atomic E-state index is 11.4. The van der Waals surface area contributed by atoms with E-state index in [4.69, 9.17) is 5.11 Å². The molecule has 0 atom stereocenters. The van der Waals surface area contributed by atoms with Crippen LogP contribution in [0.15, 0.2) is 0 Å². The molecule has 0 aliphatic heterocycles. The standard InChI is InChI=1S/C9H19NO3S/c1-7(2)14(12,13)4-3-10-8-5-9(11)6-8/h7-11H,3-6H2,1-2H3. The number of sulfone groups is 1. The second-order valence-corrected chi connectivity index (χ2v) is 6.87. The van der Waals surface area contributed by atoms with Crippen LogP contribution in [0.4, 0.5) is 0 Å². The fraction of sp³-hybridized carbons (Fsp3) is 1.00. The molecule has 2 N–H and O–H groups in total. The minimum atomic E-state index is -2.92. The van der Waals surface area contributed by atoms with Gasteiger partial charge in [0, 0.05) is 12.6 Å². The van der Waals surface area contributed by atoms with Crippen molar-refractivity contribution in [1.29, 1.82) is 0 Å². The Balaban J connectivity index is 2.15. The molecule has 0 unspecified atom stereocenters. The van der Waals surface area contributed by atoms with Crippen molar-refractivity contribution in [2.24, 2.45) is 0 Å². The molecule has 4 nitrogen and oxygen atoms in total. The van der Waals surface area contributed by atoms with E-state index in [1.165, 1.54) is 0 Å². The van der Waals surface area contributed by atoms with Crippen LogP contribution < -0.4 is 5.32 Å². The zero-order chi connectivity index (χ0) is 10.8. The first kappa shape index (κ1) is 11.9. The van der Waals surface area contributed by atoms with E-state index in [9.17, 15) is 8.42 Å². The molecule has 0 aromatic rings. The van der Waals surface area contributed by atoms with Crippen molar-refractivity contribution < 1.29 is 13.5 Å². The van der Waals surface area contributed by atoms with Gasteiger partial charge in [-0.2, -0.15) is 0 Å². The third kappa shape index (κ3) is 3.22. The smallest absolute Gasteiger partial charge is 0.153 e. The van der Waals surface area contributed by atoms with Gasteiger partial charge in [0.2, 0.25) is 0 Å². The molecular weight excluding hydrogens is 202 g/mol. The lowest BCUT2D eigenvalue weighted by Gasteiger charge is -2.32. The number of aliphatic hydroxyl groups is 1. The van der Waals surface area contributed by atoms with Crippen molar-refractivity contribution in [3.8, 4) is 0 Å². The lowest BCUT2D eigenvalue weighted by Crippen LogP contribution is -2.45. The van der Waals surface area contributed by atoms with Crippen molar-refractivity contribution in [2.45, 2.75) is 44.1 Å². The fourth-order valence-corrected chi connectivity index (χ4v) is 2.27. The van der Waals surface area contributed by atoms with Crippen molar-refractivity contribution >= 4 is 9.84 Å². The molecule has 0 radical (unpaired) electrons. The Morgan fingerprint density at radius 2 is 2.00 bits per heavy atom. The highest BCUT2D eigenvalue weighted by Crippen LogP contribution is 2.18. The summed E-state index contributed by atoms with van der Waals surface area (Å²) in [5.74, 6) is 0.192. The van der Waals surface area contributed by atoms with Gasteiger partial charge < -0.3 is 10.4 Å². The topological polar surface area (TPSA) is 66.4 Å². The first-order chi connectivity index (χ1) is 6.42. The molecule has 0 bridgehead atoms. The summed E-state index contributed by atoms with van der Waals surface area (Å²) in [6.07, 6.45) is 1.32. The Morgan fingerprint density at radius 3 is 2.43 bits per heavy atom. The minimum Gasteiger partial charge on any atom is -0.393 e. The molecule has 1 aliphatic carbocycles. The van der Waals surface area contributed by atoms with Gasteiger partial charge >= 0.3 is 0 Å². The molecule has 1 fully saturated rings. The predicted molar refractivity (Wildman–Crippen MR) is 56.0 cm³/mol. The molecule has 84 valence electrons. The summed E-state index contributed by atoms with van der Waals surface area (Å²) in [5, 5.41) is 11.8. The monoisotopic (exact) mass is 221 g/mol. The maximum absolute atomic E-state index is 11.4. The van der Waals surface area contributed by atoms with Crippen LogP contribution in [0, 0.1) is 0 Å². The van der Waals surface area contributed by atoms with Gasteiger partial charge in [0.15, 0.2) is 9.84 Å². The first-order valence-corrected chi connectivity index (χ1v) is 6.76. The van der Waals surface area contributed by atoms with Crippen LogP contribution in [0.1, 0.15) is 26.7 Å². The molecule has 1 saturated carbocycles. The van der Waals surface area contributed by atoms with Crippen molar-refractivity contribution in [3.63, 3.8) is 0 Å². The van der Waals surface area contributed by atoms with Gasteiger partial charge in [0.1, 0.15) is 0 Å². The van der Waals surface area contributed by atoms with E-state index in [2.05, 4.69) is 5.32 Å². The minimum absolute atomic E-state index is 0.186. The van der Waals surface area contributed by atoms with Gasteiger partial charge in [-0.25, -0.2) is 8.42 Å². The summed E-state index contributed by atoms with van der Waals surface area (Å²) in [6.45, 7) is 3.89. The molecule has 0 amide bonds. The first-order valence-electron chi connectivity index (χ1n) is 5.05. The average Bonchev–Trinajstić information content (AvgIpc) is 2.00. The van der Waals surface area contributed by atoms with E-state index in [1.54, 1.807) is 13.8 Å². The molecule has 1 aliphatic rings. The van der Waals surface area contributed by atoms with Crippen LogP contribution >= 0.6 is 0 Å². The molecule has 1 rings (SSSR count). The number of nitrogens with one attached hydrogen (secondary N) is 1. The van der Waals surface area contributed by atoms with Crippen molar-refractivity contribution in [3.05, 3.63) is 0 Å². The largest absolute Gasteiger partial charge is 0.393 e. The Kier molecular flexibility index (Phi) is 3.92. The normalized spacial score (nSPS) is 27.7. The van der Waals surface area contributed by atoms with Crippen LogP contribution in [0.3, 0.4) is 0 Å². The predicted octanol–water partition coefficient (Wildman–Crippen LogP) is -0.0775. The quantitative estimate of drug-likeness (QED) is 0.681. The Hall–Kier alpha value is -0.130. The lowest BCUT2D eigenvalue weighted by molar-refractivity contribution is 0.0635. The molecule has 14 heavy (non-hydrogen) atoms. The SMILES string of the molecule is CC(C)S(=O)(=O)CCNC1CC(O)C1. The summed E-state index contributed by atoms with van der Waals surface area (Å²) in [4.78, 5) is 0. The number of hydrogen-bond donors (Lipinski definition) is 2. The van der Waals surface area contributed by atoms with Gasteiger partial charge in [0.25, 0.3) is 0 Å². The number of aliphatic hydroxyl groups excluding tert-OH is 1. The molecule has 0 aromatic heterocycles. The van der Waals surface area contributed by atoms with Gasteiger partial charge in [-0.05, 0) is 26.7 Å². The van der Waals surface area contributed by atoms with Gasteiger partial charge in [-0.1, -0.05) is 0 Å². The van der Waals surface area contributed by atoms with Crippen LogP contribution in [-0.2, 0) is 9.84 Å². The van der Waals surface area contributed by atoms with Crippen LogP contribution in [0.25, 0.3) is 0 Å². The number of hydrogen-bond acceptors (Lipinski definition) is 4. The van der Waals surface area contributed by atoms with Gasteiger partial charge in [-0.15, -0.1) is 0 Å². The second kappa shape index (κ2) is 4.59. The summed E-state index contributed by atoms with van der Waals surface area (Å²) >= 11 is 0. The molecule has 0 spiro atoms. The molecular formula is C9H19NO3S. The van der Waals surface area contributed by atoms with Crippen LogP contribution in [0.2, 0.25) is 0 Å². The molecule has 0 saturated heterocycles. The van der Waals surface area contributed by atoms with Crippen molar-refractivity contribution in [2.75, 3.05) is 12.3 Å². The molecule has 0 aromatic carbocycles. The third-order valence-electron chi connectivity index (χ3n) is 2.65. The highest BCUT2D eigenvalue weighted by atomic mass is 32.2. The van der Waals surface area contributed by atoms with Gasteiger partial charge in [0.05, 0.1) is 17.1 Å². The third-order valence-corrected chi connectivity index (χ3v) is 4.86. The zero-order valence-electron chi connectivity index (χ0n) is 8.73. The lowest BCUT2D eigenvalue weighted by atomic mass is 9.90. The van der Waals surface area contributed by atoms with E-state index < -0.39 is 9.84 Å². The second-order valence-electron chi connectivity index (χ2n) is 4.19. The van der Waals surface area contributed by atoms with E-state index in [1.807, 2.05) is 0 Å². The molecule has 5 heteroatoms. The average molecular weight is 221 g/mol. The number of rotatable bonds is 5. The van der Waals surface area contributed by atoms with Crippen LogP contribution in [-0.4, -0.2) is 43.2 Å². The Bertz CT molecular complexity index is 268. The zero-order valence-corrected chi connectivity index (χ0v) is 9.55. The summed E-state index contributed by atoms with van der Waals surface area (Å²) in [6, 6.07) is 0.312. The summed E-state index contributed by atoms with van der Waals surface area (Å²) in [5.41, 5.74) is 0. The highest BCUT2D eigenvalue weighted by Gasteiger charge is 2.26. The highest BCUT2D eigenvalue weighted by molar-refractivity contribution is 7.92. The van der Waals surface area contributed by atoms with E-state index >= 15 is 0 Å². The summed E-state index contributed by atoms with van der Waals surface area (Å²) < 4.78 is 22.8. The van der Waals surface area contributed by atoms with E-state index in [0.29, 0.717) is 12.6 Å². The van der Waals surface area contributed by atoms with Crippen LogP contribution in [0.5, 0.6) is 0 Å². The van der Waals surface area contributed by atoms with E-state index in [0.717, 1.165) is 12.8 Å². The Labute approximate surface area is 85.6 Å². The van der Waals surface area contributed by atoms with Crippen molar-refractivity contribution in [1.82, 2.24) is 5.32 Å².